The molecule has 0 aliphatic heterocycles. The lowest BCUT2D eigenvalue weighted by atomic mass is 9.82. The Morgan fingerprint density at radius 2 is 1.62 bits per heavy atom. The number of esters is 1. The van der Waals surface area contributed by atoms with Crippen molar-refractivity contribution in [3.05, 3.63) is 35.9 Å². The van der Waals surface area contributed by atoms with Gasteiger partial charge in [-0.15, -0.1) is 0 Å². The molecule has 0 spiro atoms. The second kappa shape index (κ2) is 8.83. The molecule has 1 aromatic carbocycles. The molecule has 1 amide bonds. The van der Waals surface area contributed by atoms with E-state index in [1.807, 2.05) is 30.3 Å². The third-order valence-corrected chi connectivity index (χ3v) is 3.69. The van der Waals surface area contributed by atoms with E-state index in [-0.39, 0.29) is 13.0 Å². The predicted molar refractivity (Wildman–Crippen MR) is 98.7 cm³/mol. The molecule has 26 heavy (non-hydrogen) atoms. The molecule has 0 aliphatic carbocycles. The molecule has 6 nitrogen and oxygen atoms in total. The van der Waals surface area contributed by atoms with Gasteiger partial charge >= 0.3 is 12.1 Å². The Bertz CT molecular complexity index is 631. The summed E-state index contributed by atoms with van der Waals surface area (Å²) < 4.78 is 10.3. The van der Waals surface area contributed by atoms with Crippen molar-refractivity contribution in [1.82, 2.24) is 5.32 Å². The number of ether oxygens (including phenoxy) is 2. The van der Waals surface area contributed by atoms with E-state index in [9.17, 15) is 14.4 Å². The summed E-state index contributed by atoms with van der Waals surface area (Å²) in [5.41, 5.74) is -1.22. The molecule has 1 aromatic rings. The number of hydrogen-bond donors (Lipinski definition) is 1. The third kappa shape index (κ3) is 6.50. The van der Waals surface area contributed by atoms with Gasteiger partial charge in [-0.25, -0.2) is 4.79 Å². The van der Waals surface area contributed by atoms with E-state index in [1.165, 1.54) is 13.8 Å². The molecule has 0 aromatic heterocycles. The first kappa shape index (κ1) is 21.7. The van der Waals surface area contributed by atoms with Crippen LogP contribution in [0, 0.1) is 5.41 Å². The van der Waals surface area contributed by atoms with Crippen molar-refractivity contribution in [2.45, 2.75) is 59.6 Å². The number of ketones is 1. The van der Waals surface area contributed by atoms with Crippen LogP contribution in [0.3, 0.4) is 0 Å². The summed E-state index contributed by atoms with van der Waals surface area (Å²) in [5.74, 6) is -1.04. The van der Waals surface area contributed by atoms with E-state index in [1.54, 1.807) is 27.7 Å². The topological polar surface area (TPSA) is 81.7 Å². The minimum atomic E-state index is -1.38. The second-order valence-electron chi connectivity index (χ2n) is 7.60. The number of hydrogen-bond acceptors (Lipinski definition) is 5. The Labute approximate surface area is 155 Å². The zero-order valence-electron chi connectivity index (χ0n) is 16.4. The van der Waals surface area contributed by atoms with Gasteiger partial charge in [0.1, 0.15) is 11.0 Å². The van der Waals surface area contributed by atoms with Crippen molar-refractivity contribution in [2.24, 2.45) is 5.41 Å². The second-order valence-corrected chi connectivity index (χ2v) is 7.60. The fourth-order valence-electron chi connectivity index (χ4n) is 2.36. The zero-order valence-corrected chi connectivity index (χ0v) is 16.4. The average molecular weight is 363 g/mol. The summed E-state index contributed by atoms with van der Waals surface area (Å²) in [5, 5.41) is 2.61. The lowest BCUT2D eigenvalue weighted by molar-refractivity contribution is -0.158. The highest BCUT2D eigenvalue weighted by Crippen LogP contribution is 2.23. The first-order valence-electron chi connectivity index (χ1n) is 8.72. The molecular weight excluding hydrogens is 334 g/mol. The largest absolute Gasteiger partial charge is 0.465 e. The fourth-order valence-corrected chi connectivity index (χ4v) is 2.36. The van der Waals surface area contributed by atoms with Gasteiger partial charge in [-0.05, 0) is 53.5 Å². The van der Waals surface area contributed by atoms with E-state index in [0.717, 1.165) is 5.56 Å². The highest BCUT2D eigenvalue weighted by Gasteiger charge is 2.42. The summed E-state index contributed by atoms with van der Waals surface area (Å²) in [6.07, 6.45) is -0.451. The van der Waals surface area contributed by atoms with Crippen LogP contribution in [0.1, 0.15) is 47.1 Å². The Morgan fingerprint density at radius 1 is 1.04 bits per heavy atom. The molecule has 0 bridgehead atoms. The summed E-state index contributed by atoms with van der Waals surface area (Å²) in [6.45, 7) is 10.1. The number of amides is 1. The van der Waals surface area contributed by atoms with Gasteiger partial charge in [0, 0.05) is 0 Å². The van der Waals surface area contributed by atoms with Crippen molar-refractivity contribution in [2.75, 3.05) is 6.61 Å². The number of carbonyl (C=O) groups is 3. The van der Waals surface area contributed by atoms with Gasteiger partial charge in [0.15, 0.2) is 5.78 Å². The average Bonchev–Trinajstić information content (AvgIpc) is 2.53. The van der Waals surface area contributed by atoms with Crippen LogP contribution in [0.15, 0.2) is 30.3 Å². The van der Waals surface area contributed by atoms with Crippen LogP contribution in [0.5, 0.6) is 0 Å². The Balaban J connectivity index is 3.04. The van der Waals surface area contributed by atoms with E-state index < -0.39 is 34.9 Å². The van der Waals surface area contributed by atoms with Crippen LogP contribution in [-0.2, 0) is 25.5 Å². The molecule has 1 rings (SSSR count). The Hall–Kier alpha value is -2.37. The maximum atomic E-state index is 13.0. The minimum Gasteiger partial charge on any atom is -0.465 e. The summed E-state index contributed by atoms with van der Waals surface area (Å²) in [7, 11) is 0. The van der Waals surface area contributed by atoms with E-state index in [0.29, 0.717) is 0 Å². The molecule has 0 heterocycles. The minimum absolute atomic E-state index is 0.179. The first-order valence-corrected chi connectivity index (χ1v) is 8.72. The van der Waals surface area contributed by atoms with Gasteiger partial charge in [-0.1, -0.05) is 30.3 Å². The molecular formula is C20H29NO5. The zero-order chi connectivity index (χ0) is 20.0. The summed E-state index contributed by atoms with van der Waals surface area (Å²) >= 11 is 0. The number of rotatable bonds is 7. The molecule has 6 heteroatoms. The molecule has 1 atom stereocenters. The number of benzene rings is 1. The standard InChI is InChI=1S/C20H29NO5/c1-7-25-17(23)20(5,6)16(22)15(13-14-11-9-8-10-12-14)21-18(24)26-19(2,3)4/h8-12,15H,7,13H2,1-6H3,(H,21,24)/t15-/m0/s1. The van der Waals surface area contributed by atoms with Crippen molar-refractivity contribution < 1.29 is 23.9 Å². The number of Topliss-reactive ketones (excluding diaryl/α,β-unsaturated/α-hetero) is 1. The normalized spacial score (nSPS) is 12.8. The maximum absolute atomic E-state index is 13.0. The summed E-state index contributed by atoms with van der Waals surface area (Å²) in [6, 6.07) is 8.36. The van der Waals surface area contributed by atoms with Crippen molar-refractivity contribution in [1.29, 1.82) is 0 Å². The Morgan fingerprint density at radius 3 is 2.12 bits per heavy atom. The first-order chi connectivity index (χ1) is 12.0. The van der Waals surface area contributed by atoms with Crippen LogP contribution in [0.2, 0.25) is 0 Å². The van der Waals surface area contributed by atoms with Crippen LogP contribution in [0.4, 0.5) is 4.79 Å². The van der Waals surface area contributed by atoms with E-state index >= 15 is 0 Å². The lowest BCUT2D eigenvalue weighted by Gasteiger charge is -2.28. The van der Waals surface area contributed by atoms with Gasteiger partial charge in [0.05, 0.1) is 12.6 Å². The van der Waals surface area contributed by atoms with Crippen LogP contribution < -0.4 is 5.32 Å². The molecule has 0 saturated heterocycles. The highest BCUT2D eigenvalue weighted by atomic mass is 16.6. The van der Waals surface area contributed by atoms with E-state index in [2.05, 4.69) is 5.32 Å². The van der Waals surface area contributed by atoms with Crippen molar-refractivity contribution in [3.63, 3.8) is 0 Å². The predicted octanol–water partition coefficient (Wildman–Crippen LogP) is 3.28. The number of nitrogens with one attached hydrogen (secondary N) is 1. The van der Waals surface area contributed by atoms with Gasteiger partial charge in [0.25, 0.3) is 0 Å². The van der Waals surface area contributed by atoms with Crippen LogP contribution in [-0.4, -0.2) is 36.1 Å². The molecule has 0 saturated carbocycles. The molecule has 1 N–H and O–H groups in total. The fraction of sp³-hybridized carbons (Fsp3) is 0.550. The monoisotopic (exact) mass is 363 g/mol. The van der Waals surface area contributed by atoms with Crippen molar-refractivity contribution >= 4 is 17.8 Å². The van der Waals surface area contributed by atoms with Gasteiger partial charge in [-0.3, -0.25) is 9.59 Å². The lowest BCUT2D eigenvalue weighted by Crippen LogP contribution is -2.51. The van der Waals surface area contributed by atoms with E-state index in [4.69, 9.17) is 9.47 Å². The van der Waals surface area contributed by atoms with Gasteiger partial charge in [-0.2, -0.15) is 0 Å². The molecule has 0 unspecified atom stereocenters. The summed E-state index contributed by atoms with van der Waals surface area (Å²) in [4.78, 5) is 37.4. The molecule has 0 radical (unpaired) electrons. The third-order valence-electron chi connectivity index (χ3n) is 3.69. The highest BCUT2D eigenvalue weighted by molar-refractivity contribution is 6.06. The quantitative estimate of drug-likeness (QED) is 0.594. The molecule has 0 aliphatic rings. The molecule has 0 fully saturated rings. The van der Waals surface area contributed by atoms with Crippen LogP contribution in [0.25, 0.3) is 0 Å². The Kier molecular flexibility index (Phi) is 7.36. The van der Waals surface area contributed by atoms with Gasteiger partial charge < -0.3 is 14.8 Å². The van der Waals surface area contributed by atoms with Crippen LogP contribution >= 0.6 is 0 Å². The maximum Gasteiger partial charge on any atom is 0.408 e. The molecule has 144 valence electrons. The van der Waals surface area contributed by atoms with Crippen molar-refractivity contribution in [3.8, 4) is 0 Å². The smallest absolute Gasteiger partial charge is 0.408 e. The van der Waals surface area contributed by atoms with Gasteiger partial charge in [0.2, 0.25) is 0 Å². The number of carbonyl (C=O) groups excluding carboxylic acids is 3. The SMILES string of the molecule is CCOC(=O)C(C)(C)C(=O)[C@H](Cc1ccccc1)NC(=O)OC(C)(C)C. The number of alkyl carbamates (subject to hydrolysis) is 1.